The van der Waals surface area contributed by atoms with Gasteiger partial charge in [0.2, 0.25) is 0 Å². The fraction of sp³-hybridized carbons (Fsp3) is 0.231. The quantitative estimate of drug-likeness (QED) is 0.469. The second kappa shape index (κ2) is 5.78. The Morgan fingerprint density at radius 1 is 1.17 bits per heavy atom. The van der Waals surface area contributed by atoms with Gasteiger partial charge in [-0.3, -0.25) is 0 Å². The molecule has 1 aromatic carbocycles. The molecule has 1 aromatic heterocycles. The van der Waals surface area contributed by atoms with Crippen LogP contribution < -0.4 is 0 Å². The molecule has 1 atom stereocenters. The summed E-state index contributed by atoms with van der Waals surface area (Å²) in [6.07, 6.45) is 0.843. The van der Waals surface area contributed by atoms with Crippen LogP contribution in [0.25, 0.3) is 0 Å². The highest BCUT2D eigenvalue weighted by molar-refractivity contribution is 6.20. The molecule has 0 amide bonds. The Kier molecular flexibility index (Phi) is 4.10. The van der Waals surface area contributed by atoms with Crippen LogP contribution in [0.5, 0.6) is 0 Å². The summed E-state index contributed by atoms with van der Waals surface area (Å²) in [7, 11) is 0. The molecule has 0 fully saturated rings. The molecule has 5 heteroatoms. The smallest absolute Gasteiger partial charge is 0.172 e. The van der Waals surface area contributed by atoms with Crippen LogP contribution in [0.2, 0.25) is 0 Å². The van der Waals surface area contributed by atoms with Crippen molar-refractivity contribution in [3.63, 3.8) is 0 Å². The van der Waals surface area contributed by atoms with E-state index in [1.54, 1.807) is 18.2 Å². The van der Waals surface area contributed by atoms with Gasteiger partial charge in [-0.2, -0.15) is 0 Å². The van der Waals surface area contributed by atoms with Gasteiger partial charge in [0.15, 0.2) is 5.50 Å². The Balaban J connectivity index is 2.02. The molecule has 0 spiro atoms. The zero-order chi connectivity index (χ0) is 13.0. The van der Waals surface area contributed by atoms with Crippen LogP contribution in [0.1, 0.15) is 17.1 Å². The highest BCUT2D eigenvalue weighted by Gasteiger charge is 2.09. The first-order valence-electron chi connectivity index (χ1n) is 5.46. The van der Waals surface area contributed by atoms with Crippen LogP contribution in [-0.2, 0) is 12.8 Å². The summed E-state index contributed by atoms with van der Waals surface area (Å²) >= 11 is 5.61. The summed E-state index contributed by atoms with van der Waals surface area (Å²) in [5, 5.41) is 2.70. The molecule has 0 saturated heterocycles. The molecule has 3 nitrogen and oxygen atoms in total. The number of hydrogen-bond acceptors (Lipinski definition) is 3. The fourth-order valence-electron chi connectivity index (χ4n) is 1.63. The Morgan fingerprint density at radius 2 is 1.83 bits per heavy atom. The lowest BCUT2D eigenvalue weighted by atomic mass is 10.1. The van der Waals surface area contributed by atoms with Gasteiger partial charge in [0.1, 0.15) is 17.3 Å². The predicted molar refractivity (Wildman–Crippen MR) is 67.1 cm³/mol. The summed E-state index contributed by atoms with van der Waals surface area (Å²) in [6.45, 7) is 0. The van der Waals surface area contributed by atoms with Gasteiger partial charge in [0.25, 0.3) is 0 Å². The van der Waals surface area contributed by atoms with Crippen molar-refractivity contribution in [3.05, 3.63) is 64.2 Å². The van der Waals surface area contributed by atoms with E-state index >= 15 is 0 Å². The minimum absolute atomic E-state index is 0.263. The molecule has 0 saturated carbocycles. The maximum absolute atomic E-state index is 12.7. The molecule has 0 aliphatic rings. The Hall–Kier alpha value is -1.68. The maximum Gasteiger partial charge on any atom is 0.172 e. The van der Waals surface area contributed by atoms with E-state index in [1.165, 1.54) is 12.1 Å². The first-order valence-corrected chi connectivity index (χ1v) is 5.89. The van der Waals surface area contributed by atoms with Crippen LogP contribution in [0.15, 0.2) is 46.0 Å². The van der Waals surface area contributed by atoms with Crippen LogP contribution in [-0.4, -0.2) is 5.50 Å². The van der Waals surface area contributed by atoms with Gasteiger partial charge in [-0.05, 0) is 35.0 Å². The van der Waals surface area contributed by atoms with Gasteiger partial charge < -0.3 is 4.42 Å². The van der Waals surface area contributed by atoms with E-state index < -0.39 is 5.50 Å². The lowest BCUT2D eigenvalue weighted by molar-refractivity contribution is 0.470. The summed E-state index contributed by atoms with van der Waals surface area (Å²) < 4.78 is 18.2. The molecule has 2 aromatic rings. The van der Waals surface area contributed by atoms with Gasteiger partial charge >= 0.3 is 0 Å². The van der Waals surface area contributed by atoms with E-state index in [9.17, 15) is 9.30 Å². The Labute approximate surface area is 109 Å². The van der Waals surface area contributed by atoms with Gasteiger partial charge in [-0.15, -0.1) is 4.91 Å². The topological polar surface area (TPSA) is 42.6 Å². The van der Waals surface area contributed by atoms with Crippen molar-refractivity contribution in [3.8, 4) is 0 Å². The highest BCUT2D eigenvalue weighted by Crippen LogP contribution is 2.16. The van der Waals surface area contributed by atoms with Gasteiger partial charge in [-0.1, -0.05) is 23.7 Å². The molecule has 1 unspecified atom stereocenters. The van der Waals surface area contributed by atoms with Crippen molar-refractivity contribution in [2.24, 2.45) is 5.18 Å². The highest BCUT2D eigenvalue weighted by atomic mass is 35.5. The first kappa shape index (κ1) is 12.8. The largest absolute Gasteiger partial charge is 0.466 e. The van der Waals surface area contributed by atoms with Crippen LogP contribution in [0, 0.1) is 10.7 Å². The third kappa shape index (κ3) is 3.40. The fourth-order valence-corrected chi connectivity index (χ4v) is 1.79. The van der Waals surface area contributed by atoms with E-state index in [-0.39, 0.29) is 12.2 Å². The average molecular weight is 268 g/mol. The monoisotopic (exact) mass is 267 g/mol. The number of furan rings is 1. The summed E-state index contributed by atoms with van der Waals surface area (Å²) in [6, 6.07) is 9.80. The van der Waals surface area contributed by atoms with Crippen molar-refractivity contribution < 1.29 is 8.81 Å². The minimum Gasteiger partial charge on any atom is -0.466 e. The number of benzene rings is 1. The van der Waals surface area contributed by atoms with E-state index in [1.807, 2.05) is 6.07 Å². The third-order valence-corrected chi connectivity index (χ3v) is 2.73. The van der Waals surface area contributed by atoms with Gasteiger partial charge in [-0.25, -0.2) is 4.39 Å². The molecule has 0 N–H and O–H groups in total. The van der Waals surface area contributed by atoms with E-state index in [4.69, 9.17) is 16.0 Å². The molecule has 0 radical (unpaired) electrons. The number of hydrogen-bond donors (Lipinski definition) is 0. The third-order valence-electron chi connectivity index (χ3n) is 2.49. The van der Waals surface area contributed by atoms with Gasteiger partial charge in [0, 0.05) is 12.8 Å². The molecular weight excluding hydrogens is 257 g/mol. The molecule has 1 heterocycles. The molecule has 94 valence electrons. The summed E-state index contributed by atoms with van der Waals surface area (Å²) in [5.74, 6) is 1.10. The zero-order valence-corrected chi connectivity index (χ0v) is 10.2. The second-order valence-corrected chi connectivity index (χ2v) is 4.42. The van der Waals surface area contributed by atoms with E-state index in [2.05, 4.69) is 5.18 Å². The SMILES string of the molecule is O=NC(Cl)Cc1ccc(Cc2ccc(F)cc2)o1. The van der Waals surface area contributed by atoms with Crippen molar-refractivity contribution in [1.29, 1.82) is 0 Å². The van der Waals surface area contributed by atoms with Gasteiger partial charge in [0.05, 0.1) is 0 Å². The normalized spacial score (nSPS) is 12.3. The lowest BCUT2D eigenvalue weighted by Crippen LogP contribution is -1.96. The maximum atomic E-state index is 12.7. The standard InChI is InChI=1S/C13H11ClFNO2/c14-13(16-17)8-12-6-5-11(18-12)7-9-1-3-10(15)4-2-9/h1-6,13H,7-8H2. The summed E-state index contributed by atoms with van der Waals surface area (Å²) in [5.41, 5.74) is 0.142. The number of nitroso groups, excluding NO2 is 1. The predicted octanol–water partition coefficient (Wildman–Crippen LogP) is 3.88. The van der Waals surface area contributed by atoms with Crippen LogP contribution in [0.4, 0.5) is 4.39 Å². The zero-order valence-electron chi connectivity index (χ0n) is 9.48. The molecule has 18 heavy (non-hydrogen) atoms. The Morgan fingerprint density at radius 3 is 2.50 bits per heavy atom. The molecule has 0 aliphatic heterocycles. The van der Waals surface area contributed by atoms with Crippen molar-refractivity contribution in [1.82, 2.24) is 0 Å². The number of alkyl halides is 1. The van der Waals surface area contributed by atoms with E-state index in [0.29, 0.717) is 12.2 Å². The first-order chi connectivity index (χ1) is 8.67. The van der Waals surface area contributed by atoms with Crippen molar-refractivity contribution in [2.75, 3.05) is 0 Å². The lowest BCUT2D eigenvalue weighted by Gasteiger charge is -1.99. The van der Waals surface area contributed by atoms with Crippen molar-refractivity contribution >= 4 is 11.6 Å². The van der Waals surface area contributed by atoms with Crippen LogP contribution in [0.3, 0.4) is 0 Å². The Bertz CT molecular complexity index is 524. The molecule has 0 aliphatic carbocycles. The van der Waals surface area contributed by atoms with E-state index in [0.717, 1.165) is 11.3 Å². The average Bonchev–Trinajstić information content (AvgIpc) is 2.79. The van der Waals surface area contributed by atoms with Crippen molar-refractivity contribution in [2.45, 2.75) is 18.3 Å². The molecular formula is C13H11ClFNO2. The number of halogens is 2. The number of nitrogens with zero attached hydrogens (tertiary/aromatic N) is 1. The number of rotatable bonds is 5. The van der Waals surface area contributed by atoms with Crippen LogP contribution >= 0.6 is 11.6 Å². The second-order valence-electron chi connectivity index (χ2n) is 3.92. The minimum atomic E-state index is -0.810. The molecule has 0 bridgehead atoms. The summed E-state index contributed by atoms with van der Waals surface area (Å²) in [4.78, 5) is 10.2. The molecule has 2 rings (SSSR count).